The van der Waals surface area contributed by atoms with Crippen LogP contribution in [0.4, 0.5) is 4.39 Å². The van der Waals surface area contributed by atoms with Crippen LogP contribution < -0.4 is 10.1 Å². The van der Waals surface area contributed by atoms with Gasteiger partial charge in [0.2, 0.25) is 0 Å². The van der Waals surface area contributed by atoms with Crippen LogP contribution in [0.5, 0.6) is 5.75 Å². The van der Waals surface area contributed by atoms with E-state index in [9.17, 15) is 9.50 Å². The summed E-state index contributed by atoms with van der Waals surface area (Å²) in [6.45, 7) is 3.60. The average Bonchev–Trinajstić information content (AvgIpc) is 2.45. The SMILES string of the molecule is COc1ccc(C(C)NCC2(O)CCOCC2)cc1F. The zero-order valence-electron chi connectivity index (χ0n) is 12.0. The summed E-state index contributed by atoms with van der Waals surface area (Å²) in [5, 5.41) is 13.6. The fourth-order valence-corrected chi connectivity index (χ4v) is 2.34. The molecule has 20 heavy (non-hydrogen) atoms. The van der Waals surface area contributed by atoms with Crippen molar-refractivity contribution in [1.29, 1.82) is 0 Å². The predicted octanol–water partition coefficient (Wildman–Crippen LogP) is 2.03. The summed E-state index contributed by atoms with van der Waals surface area (Å²) in [5.74, 6) is -0.132. The minimum absolute atomic E-state index is 0.0396. The van der Waals surface area contributed by atoms with E-state index in [4.69, 9.17) is 9.47 Å². The molecule has 1 aliphatic heterocycles. The van der Waals surface area contributed by atoms with Gasteiger partial charge in [0.1, 0.15) is 0 Å². The molecule has 112 valence electrons. The van der Waals surface area contributed by atoms with Gasteiger partial charge in [-0.15, -0.1) is 0 Å². The molecule has 0 saturated carbocycles. The summed E-state index contributed by atoms with van der Waals surface area (Å²) in [4.78, 5) is 0. The molecular formula is C15H22FNO3. The number of methoxy groups -OCH3 is 1. The molecule has 2 rings (SSSR count). The first-order valence-corrected chi connectivity index (χ1v) is 6.91. The van der Waals surface area contributed by atoms with Crippen molar-refractivity contribution in [2.24, 2.45) is 0 Å². The van der Waals surface area contributed by atoms with Gasteiger partial charge in [-0.25, -0.2) is 4.39 Å². The third-order valence-electron chi connectivity index (χ3n) is 3.84. The van der Waals surface area contributed by atoms with E-state index < -0.39 is 5.60 Å². The zero-order valence-corrected chi connectivity index (χ0v) is 12.0. The molecule has 1 saturated heterocycles. The van der Waals surface area contributed by atoms with E-state index >= 15 is 0 Å². The van der Waals surface area contributed by atoms with E-state index in [0.29, 0.717) is 32.6 Å². The highest BCUT2D eigenvalue weighted by molar-refractivity contribution is 5.30. The number of aliphatic hydroxyl groups is 1. The largest absolute Gasteiger partial charge is 0.494 e. The molecule has 4 nitrogen and oxygen atoms in total. The fourth-order valence-electron chi connectivity index (χ4n) is 2.34. The molecule has 0 radical (unpaired) electrons. The number of hydrogen-bond acceptors (Lipinski definition) is 4. The molecule has 0 bridgehead atoms. The molecule has 1 aromatic carbocycles. The molecule has 2 N–H and O–H groups in total. The van der Waals surface area contributed by atoms with Gasteiger partial charge in [-0.3, -0.25) is 0 Å². The van der Waals surface area contributed by atoms with E-state index in [1.165, 1.54) is 13.2 Å². The number of hydrogen-bond donors (Lipinski definition) is 2. The first kappa shape index (κ1) is 15.2. The Bertz CT molecular complexity index is 447. The molecule has 1 heterocycles. The van der Waals surface area contributed by atoms with Gasteiger partial charge in [-0.2, -0.15) is 0 Å². The Morgan fingerprint density at radius 2 is 2.15 bits per heavy atom. The topological polar surface area (TPSA) is 50.7 Å². The van der Waals surface area contributed by atoms with Crippen molar-refractivity contribution in [3.05, 3.63) is 29.6 Å². The molecule has 0 aliphatic carbocycles. The lowest BCUT2D eigenvalue weighted by Gasteiger charge is -2.33. The number of benzene rings is 1. The van der Waals surface area contributed by atoms with Crippen molar-refractivity contribution in [3.8, 4) is 5.75 Å². The molecule has 0 amide bonds. The van der Waals surface area contributed by atoms with Gasteiger partial charge in [-0.1, -0.05) is 6.07 Å². The standard InChI is InChI=1S/C15H22FNO3/c1-11(12-3-4-14(19-2)13(16)9-12)17-10-15(18)5-7-20-8-6-15/h3-4,9,11,17-18H,5-8,10H2,1-2H3. The Kier molecular flexibility index (Phi) is 4.96. The second-order valence-electron chi connectivity index (χ2n) is 5.33. The maximum atomic E-state index is 13.7. The molecule has 5 heteroatoms. The van der Waals surface area contributed by atoms with Gasteiger partial charge >= 0.3 is 0 Å². The minimum atomic E-state index is -0.725. The van der Waals surface area contributed by atoms with Crippen LogP contribution in [0.2, 0.25) is 0 Å². The number of ether oxygens (including phenoxy) is 2. The van der Waals surface area contributed by atoms with Crippen LogP contribution in [0.25, 0.3) is 0 Å². The summed E-state index contributed by atoms with van der Waals surface area (Å²) in [6.07, 6.45) is 1.26. The highest BCUT2D eigenvalue weighted by Crippen LogP contribution is 2.24. The fraction of sp³-hybridized carbons (Fsp3) is 0.600. The monoisotopic (exact) mass is 283 g/mol. The van der Waals surface area contributed by atoms with Gasteiger partial charge in [0.15, 0.2) is 11.6 Å². The van der Waals surface area contributed by atoms with Crippen molar-refractivity contribution in [2.45, 2.75) is 31.4 Å². The van der Waals surface area contributed by atoms with Crippen molar-refractivity contribution >= 4 is 0 Å². The lowest BCUT2D eigenvalue weighted by molar-refractivity contribution is -0.0626. The molecule has 1 aromatic rings. The van der Waals surface area contributed by atoms with Crippen LogP contribution in [-0.4, -0.2) is 37.6 Å². The Hall–Kier alpha value is -1.17. The van der Waals surface area contributed by atoms with E-state index in [1.807, 2.05) is 13.0 Å². The predicted molar refractivity (Wildman–Crippen MR) is 74.4 cm³/mol. The van der Waals surface area contributed by atoms with Crippen molar-refractivity contribution in [1.82, 2.24) is 5.32 Å². The summed E-state index contributed by atoms with van der Waals surface area (Å²) in [6, 6.07) is 4.87. The average molecular weight is 283 g/mol. The van der Waals surface area contributed by atoms with E-state index in [-0.39, 0.29) is 17.6 Å². The highest BCUT2D eigenvalue weighted by Gasteiger charge is 2.29. The molecule has 0 aromatic heterocycles. The molecular weight excluding hydrogens is 261 g/mol. The van der Waals surface area contributed by atoms with Crippen molar-refractivity contribution in [2.75, 3.05) is 26.9 Å². The van der Waals surface area contributed by atoms with Crippen LogP contribution in [-0.2, 0) is 4.74 Å². The summed E-state index contributed by atoms with van der Waals surface area (Å²) >= 11 is 0. The molecule has 1 atom stereocenters. The van der Waals surface area contributed by atoms with Gasteiger partial charge in [0.05, 0.1) is 12.7 Å². The van der Waals surface area contributed by atoms with Crippen molar-refractivity contribution < 1.29 is 19.0 Å². The number of halogens is 1. The highest BCUT2D eigenvalue weighted by atomic mass is 19.1. The van der Waals surface area contributed by atoms with E-state index in [1.54, 1.807) is 6.07 Å². The van der Waals surface area contributed by atoms with Gasteiger partial charge in [-0.05, 0) is 24.6 Å². The van der Waals surface area contributed by atoms with Gasteiger partial charge < -0.3 is 19.9 Å². The van der Waals surface area contributed by atoms with E-state index in [0.717, 1.165) is 5.56 Å². The third-order valence-corrected chi connectivity index (χ3v) is 3.84. The zero-order chi connectivity index (χ0) is 14.6. The number of nitrogens with one attached hydrogen (secondary N) is 1. The minimum Gasteiger partial charge on any atom is -0.494 e. The molecule has 1 fully saturated rings. The van der Waals surface area contributed by atoms with Crippen LogP contribution in [0.1, 0.15) is 31.4 Å². The van der Waals surface area contributed by atoms with E-state index in [2.05, 4.69) is 5.32 Å². The van der Waals surface area contributed by atoms with Gasteiger partial charge in [0, 0.05) is 38.6 Å². The summed E-state index contributed by atoms with van der Waals surface area (Å²) in [7, 11) is 1.44. The van der Waals surface area contributed by atoms with Crippen LogP contribution >= 0.6 is 0 Å². The number of rotatable bonds is 5. The third kappa shape index (κ3) is 3.69. The van der Waals surface area contributed by atoms with Crippen LogP contribution in [0.3, 0.4) is 0 Å². The Morgan fingerprint density at radius 3 is 2.75 bits per heavy atom. The van der Waals surface area contributed by atoms with Crippen LogP contribution in [0.15, 0.2) is 18.2 Å². The first-order chi connectivity index (χ1) is 9.54. The Balaban J connectivity index is 1.94. The van der Waals surface area contributed by atoms with Crippen molar-refractivity contribution in [3.63, 3.8) is 0 Å². The summed E-state index contributed by atoms with van der Waals surface area (Å²) < 4.78 is 23.8. The van der Waals surface area contributed by atoms with Gasteiger partial charge in [0.25, 0.3) is 0 Å². The smallest absolute Gasteiger partial charge is 0.165 e. The van der Waals surface area contributed by atoms with Crippen LogP contribution in [0, 0.1) is 5.82 Å². The lowest BCUT2D eigenvalue weighted by Crippen LogP contribution is -2.45. The maximum absolute atomic E-state index is 13.7. The molecule has 1 aliphatic rings. The Morgan fingerprint density at radius 1 is 1.45 bits per heavy atom. The summed E-state index contributed by atoms with van der Waals surface area (Å²) in [5.41, 5.74) is 0.108. The second-order valence-corrected chi connectivity index (χ2v) is 5.33. The second kappa shape index (κ2) is 6.52. The Labute approximate surface area is 118 Å². The lowest BCUT2D eigenvalue weighted by atomic mass is 9.94. The maximum Gasteiger partial charge on any atom is 0.165 e. The molecule has 0 spiro atoms. The molecule has 1 unspecified atom stereocenters. The normalized spacial score (nSPS) is 19.6. The first-order valence-electron chi connectivity index (χ1n) is 6.91. The quantitative estimate of drug-likeness (QED) is 0.868.